The highest BCUT2D eigenvalue weighted by Gasteiger charge is 2.29. The predicted octanol–water partition coefficient (Wildman–Crippen LogP) is 2.62. The van der Waals surface area contributed by atoms with Crippen molar-refractivity contribution in [2.45, 2.75) is 31.8 Å². The minimum atomic E-state index is -0.887. The van der Waals surface area contributed by atoms with Crippen LogP contribution < -0.4 is 10.1 Å². The molecular formula is C13H16ClNO3. The van der Waals surface area contributed by atoms with E-state index in [4.69, 9.17) is 16.3 Å². The van der Waals surface area contributed by atoms with Gasteiger partial charge in [-0.25, -0.2) is 0 Å². The lowest BCUT2D eigenvalue weighted by Crippen LogP contribution is -2.30. The van der Waals surface area contributed by atoms with Crippen LogP contribution in [-0.4, -0.2) is 23.7 Å². The smallest absolute Gasteiger partial charge is 0.325 e. The first-order chi connectivity index (χ1) is 8.61. The maximum absolute atomic E-state index is 11.2. The van der Waals surface area contributed by atoms with Gasteiger partial charge in [-0.1, -0.05) is 17.7 Å². The highest BCUT2D eigenvalue weighted by molar-refractivity contribution is 6.32. The molecule has 0 saturated heterocycles. The van der Waals surface area contributed by atoms with Crippen LogP contribution in [0.3, 0.4) is 0 Å². The molecule has 5 heteroatoms. The van der Waals surface area contributed by atoms with Gasteiger partial charge in [0.1, 0.15) is 11.8 Å². The van der Waals surface area contributed by atoms with Crippen LogP contribution in [0.2, 0.25) is 5.02 Å². The second-order valence-corrected chi connectivity index (χ2v) is 4.74. The molecule has 1 aliphatic carbocycles. The summed E-state index contributed by atoms with van der Waals surface area (Å²) in [6, 6.07) is 4.72. The van der Waals surface area contributed by atoms with Gasteiger partial charge in [-0.05, 0) is 37.5 Å². The van der Waals surface area contributed by atoms with Crippen molar-refractivity contribution in [3.63, 3.8) is 0 Å². The van der Waals surface area contributed by atoms with Gasteiger partial charge in [-0.15, -0.1) is 0 Å². The van der Waals surface area contributed by atoms with Gasteiger partial charge in [-0.3, -0.25) is 10.1 Å². The first-order valence-corrected chi connectivity index (χ1v) is 6.40. The summed E-state index contributed by atoms with van der Waals surface area (Å²) in [6.45, 7) is 2.40. The van der Waals surface area contributed by atoms with Gasteiger partial charge in [0, 0.05) is 6.04 Å². The summed E-state index contributed by atoms with van der Waals surface area (Å²) in [5.41, 5.74) is 0.655. The maximum Gasteiger partial charge on any atom is 0.325 e. The van der Waals surface area contributed by atoms with E-state index in [2.05, 4.69) is 5.32 Å². The molecule has 0 radical (unpaired) electrons. The van der Waals surface area contributed by atoms with Gasteiger partial charge in [0.15, 0.2) is 0 Å². The van der Waals surface area contributed by atoms with Crippen LogP contribution in [0.25, 0.3) is 0 Å². The van der Waals surface area contributed by atoms with Crippen LogP contribution in [0.1, 0.15) is 31.4 Å². The zero-order chi connectivity index (χ0) is 13.1. The Morgan fingerprint density at radius 2 is 2.33 bits per heavy atom. The standard InChI is InChI=1S/C13H16ClNO3/c1-2-18-11-6-3-8(7-10(11)14)12(13(16)17)15-9-4-5-9/h3,6-7,9,12,15H,2,4-5H2,1H3,(H,16,17). The molecule has 0 bridgehead atoms. The number of carbonyl (C=O) groups is 1. The molecule has 1 atom stereocenters. The van der Waals surface area contributed by atoms with Crippen molar-refractivity contribution in [3.8, 4) is 5.75 Å². The van der Waals surface area contributed by atoms with E-state index in [9.17, 15) is 9.90 Å². The molecule has 2 N–H and O–H groups in total. The highest BCUT2D eigenvalue weighted by Crippen LogP contribution is 2.30. The molecule has 2 rings (SSSR count). The molecule has 0 aromatic heterocycles. The Morgan fingerprint density at radius 1 is 1.61 bits per heavy atom. The van der Waals surface area contributed by atoms with Gasteiger partial charge < -0.3 is 9.84 Å². The number of carboxylic acid groups (broad SMARTS) is 1. The Kier molecular flexibility index (Phi) is 4.09. The molecule has 1 fully saturated rings. The SMILES string of the molecule is CCOc1ccc(C(NC2CC2)C(=O)O)cc1Cl. The molecule has 0 heterocycles. The van der Waals surface area contributed by atoms with E-state index in [0.717, 1.165) is 12.8 Å². The van der Waals surface area contributed by atoms with Crippen molar-refractivity contribution in [2.24, 2.45) is 0 Å². The van der Waals surface area contributed by atoms with Crippen molar-refractivity contribution < 1.29 is 14.6 Å². The fourth-order valence-electron chi connectivity index (χ4n) is 1.77. The van der Waals surface area contributed by atoms with E-state index in [-0.39, 0.29) is 0 Å². The second-order valence-electron chi connectivity index (χ2n) is 4.34. The van der Waals surface area contributed by atoms with Crippen LogP contribution in [-0.2, 0) is 4.79 Å². The van der Waals surface area contributed by atoms with Crippen LogP contribution in [0.15, 0.2) is 18.2 Å². The average molecular weight is 270 g/mol. The quantitative estimate of drug-likeness (QED) is 0.833. The molecule has 0 spiro atoms. The van der Waals surface area contributed by atoms with Crippen LogP contribution in [0.4, 0.5) is 0 Å². The average Bonchev–Trinajstić information content (AvgIpc) is 3.12. The Balaban J connectivity index is 2.18. The molecular weight excluding hydrogens is 254 g/mol. The van der Waals surface area contributed by atoms with Crippen LogP contribution in [0.5, 0.6) is 5.75 Å². The van der Waals surface area contributed by atoms with Crippen LogP contribution >= 0.6 is 11.6 Å². The lowest BCUT2D eigenvalue weighted by atomic mass is 10.1. The number of nitrogens with one attached hydrogen (secondary N) is 1. The first kappa shape index (κ1) is 13.2. The predicted molar refractivity (Wildman–Crippen MR) is 69.2 cm³/mol. The van der Waals surface area contributed by atoms with E-state index in [1.165, 1.54) is 0 Å². The number of hydrogen-bond donors (Lipinski definition) is 2. The molecule has 0 aliphatic heterocycles. The first-order valence-electron chi connectivity index (χ1n) is 6.03. The molecule has 18 heavy (non-hydrogen) atoms. The third-order valence-electron chi connectivity index (χ3n) is 2.82. The van der Waals surface area contributed by atoms with E-state index >= 15 is 0 Å². The summed E-state index contributed by atoms with van der Waals surface area (Å²) in [5, 5.41) is 12.8. The summed E-state index contributed by atoms with van der Waals surface area (Å²) in [6.07, 6.45) is 2.07. The van der Waals surface area contributed by atoms with Crippen molar-refractivity contribution in [1.82, 2.24) is 5.32 Å². The number of ether oxygens (including phenoxy) is 1. The normalized spacial score (nSPS) is 16.3. The summed E-state index contributed by atoms with van der Waals surface area (Å²) in [4.78, 5) is 11.2. The molecule has 1 aromatic rings. The topological polar surface area (TPSA) is 58.6 Å². The lowest BCUT2D eigenvalue weighted by molar-refractivity contribution is -0.139. The number of aliphatic carboxylic acids is 1. The summed E-state index contributed by atoms with van der Waals surface area (Å²) in [7, 11) is 0. The number of halogens is 1. The third-order valence-corrected chi connectivity index (χ3v) is 3.11. The van der Waals surface area contributed by atoms with Gasteiger partial charge in [0.2, 0.25) is 0 Å². The van der Waals surface area contributed by atoms with Crippen molar-refractivity contribution in [3.05, 3.63) is 28.8 Å². The zero-order valence-corrected chi connectivity index (χ0v) is 10.9. The Labute approximate surface area is 111 Å². The number of hydrogen-bond acceptors (Lipinski definition) is 3. The number of carboxylic acids is 1. The van der Waals surface area contributed by atoms with Crippen molar-refractivity contribution in [2.75, 3.05) is 6.61 Å². The molecule has 1 aromatic carbocycles. The molecule has 1 aliphatic rings. The molecule has 4 nitrogen and oxygen atoms in total. The van der Waals surface area contributed by atoms with Gasteiger partial charge in [-0.2, -0.15) is 0 Å². The van der Waals surface area contributed by atoms with Gasteiger partial charge >= 0.3 is 5.97 Å². The van der Waals surface area contributed by atoms with E-state index < -0.39 is 12.0 Å². The fraction of sp³-hybridized carbons (Fsp3) is 0.462. The maximum atomic E-state index is 11.2. The Bertz CT molecular complexity index is 446. The molecule has 0 amide bonds. The van der Waals surface area contributed by atoms with Gasteiger partial charge in [0.05, 0.1) is 11.6 Å². The molecule has 1 unspecified atom stereocenters. The summed E-state index contributed by atoms with van der Waals surface area (Å²) >= 11 is 6.06. The van der Waals surface area contributed by atoms with Crippen LogP contribution in [0, 0.1) is 0 Å². The summed E-state index contributed by atoms with van der Waals surface area (Å²) < 4.78 is 5.33. The van der Waals surface area contributed by atoms with E-state index in [1.54, 1.807) is 18.2 Å². The third kappa shape index (κ3) is 3.15. The summed E-state index contributed by atoms with van der Waals surface area (Å²) in [5.74, 6) is -0.305. The largest absolute Gasteiger partial charge is 0.492 e. The van der Waals surface area contributed by atoms with Crippen molar-refractivity contribution in [1.29, 1.82) is 0 Å². The minimum Gasteiger partial charge on any atom is -0.492 e. The molecule has 1 saturated carbocycles. The van der Waals surface area contributed by atoms with Crippen molar-refractivity contribution >= 4 is 17.6 Å². The van der Waals surface area contributed by atoms with E-state index in [0.29, 0.717) is 29.0 Å². The lowest BCUT2D eigenvalue weighted by Gasteiger charge is -2.15. The minimum absolute atomic E-state index is 0.316. The Morgan fingerprint density at radius 3 is 2.83 bits per heavy atom. The monoisotopic (exact) mass is 269 g/mol. The number of benzene rings is 1. The molecule has 98 valence electrons. The highest BCUT2D eigenvalue weighted by atomic mass is 35.5. The zero-order valence-electron chi connectivity index (χ0n) is 10.1. The Hall–Kier alpha value is -1.26. The number of rotatable bonds is 6. The fourth-order valence-corrected chi connectivity index (χ4v) is 2.01. The van der Waals surface area contributed by atoms with Gasteiger partial charge in [0.25, 0.3) is 0 Å². The second kappa shape index (κ2) is 5.59. The van der Waals surface area contributed by atoms with E-state index in [1.807, 2.05) is 6.92 Å².